The van der Waals surface area contributed by atoms with Crippen LogP contribution in [0.5, 0.6) is 0 Å². The van der Waals surface area contributed by atoms with Crippen LogP contribution in [0.1, 0.15) is 19.8 Å². The standard InChI is InChI=1S/C13H17BrN2O3S/c1-2-20-10-6-3-5-9(14)12(10)16-13(19)15-8-4-7-11(17)18/h3,5-6H,2,4,7-8H2,1H3,(H,17,18)(H2,15,16,19). The first-order chi connectivity index (χ1) is 9.54. The maximum atomic E-state index is 11.8. The summed E-state index contributed by atoms with van der Waals surface area (Å²) in [5.74, 6) is 0.0467. The van der Waals surface area contributed by atoms with Crippen LogP contribution in [0.4, 0.5) is 10.5 Å². The van der Waals surface area contributed by atoms with E-state index in [1.165, 1.54) is 0 Å². The zero-order valence-electron chi connectivity index (χ0n) is 11.1. The molecule has 1 rings (SSSR count). The third kappa shape index (κ3) is 5.83. The van der Waals surface area contributed by atoms with Gasteiger partial charge in [0.1, 0.15) is 0 Å². The number of anilines is 1. The van der Waals surface area contributed by atoms with Crippen molar-refractivity contribution in [3.05, 3.63) is 22.7 Å². The molecule has 0 aliphatic rings. The summed E-state index contributed by atoms with van der Waals surface area (Å²) in [5.41, 5.74) is 0.732. The van der Waals surface area contributed by atoms with Crippen molar-refractivity contribution in [2.24, 2.45) is 0 Å². The summed E-state index contributed by atoms with van der Waals surface area (Å²) in [4.78, 5) is 23.1. The lowest BCUT2D eigenvalue weighted by atomic mass is 10.3. The van der Waals surface area contributed by atoms with Crippen LogP contribution in [0.3, 0.4) is 0 Å². The van der Waals surface area contributed by atoms with E-state index < -0.39 is 5.97 Å². The molecule has 0 saturated carbocycles. The predicted molar refractivity (Wildman–Crippen MR) is 84.4 cm³/mol. The van der Waals surface area contributed by atoms with Crippen LogP contribution in [0.2, 0.25) is 0 Å². The molecule has 20 heavy (non-hydrogen) atoms. The number of carbonyl (C=O) groups is 2. The molecule has 0 aliphatic heterocycles. The van der Waals surface area contributed by atoms with E-state index >= 15 is 0 Å². The molecule has 0 atom stereocenters. The Hall–Kier alpha value is -1.21. The highest BCUT2D eigenvalue weighted by Gasteiger charge is 2.10. The second-order valence-corrected chi connectivity index (χ2v) is 6.08. The number of aliphatic carboxylic acids is 1. The van der Waals surface area contributed by atoms with E-state index in [9.17, 15) is 9.59 Å². The van der Waals surface area contributed by atoms with Gasteiger partial charge >= 0.3 is 12.0 Å². The Morgan fingerprint density at radius 3 is 2.80 bits per heavy atom. The van der Waals surface area contributed by atoms with E-state index in [1.54, 1.807) is 11.8 Å². The van der Waals surface area contributed by atoms with E-state index in [0.717, 1.165) is 20.8 Å². The highest BCUT2D eigenvalue weighted by molar-refractivity contribution is 9.10. The van der Waals surface area contributed by atoms with Crippen LogP contribution >= 0.6 is 27.7 Å². The summed E-state index contributed by atoms with van der Waals surface area (Å²) in [6.07, 6.45) is 0.460. The molecule has 2 amide bonds. The minimum Gasteiger partial charge on any atom is -0.481 e. The third-order valence-electron chi connectivity index (χ3n) is 2.37. The number of benzene rings is 1. The Morgan fingerprint density at radius 2 is 2.15 bits per heavy atom. The number of thioether (sulfide) groups is 1. The number of hydrogen-bond acceptors (Lipinski definition) is 3. The van der Waals surface area contributed by atoms with Crippen molar-refractivity contribution in [2.45, 2.75) is 24.7 Å². The molecule has 5 nitrogen and oxygen atoms in total. The lowest BCUT2D eigenvalue weighted by molar-refractivity contribution is -0.137. The number of carboxylic acids is 1. The molecule has 110 valence electrons. The first kappa shape index (κ1) is 16.8. The fraction of sp³-hybridized carbons (Fsp3) is 0.385. The zero-order valence-corrected chi connectivity index (χ0v) is 13.5. The number of rotatable bonds is 7. The molecule has 0 aliphatic carbocycles. The van der Waals surface area contributed by atoms with Gasteiger partial charge in [0.05, 0.1) is 5.69 Å². The third-order valence-corrected chi connectivity index (χ3v) is 3.97. The Bertz CT molecular complexity index is 483. The largest absolute Gasteiger partial charge is 0.481 e. The van der Waals surface area contributed by atoms with Gasteiger partial charge in [0.25, 0.3) is 0 Å². The molecule has 0 saturated heterocycles. The van der Waals surface area contributed by atoms with Crippen molar-refractivity contribution in [1.29, 1.82) is 0 Å². The SMILES string of the molecule is CCSc1cccc(Br)c1NC(=O)NCCCC(=O)O. The van der Waals surface area contributed by atoms with Gasteiger partial charge < -0.3 is 15.7 Å². The smallest absolute Gasteiger partial charge is 0.319 e. The van der Waals surface area contributed by atoms with Crippen molar-refractivity contribution < 1.29 is 14.7 Å². The summed E-state index contributed by atoms with van der Waals surface area (Å²) in [6.45, 7) is 2.38. The fourth-order valence-corrected chi connectivity index (χ4v) is 2.89. The number of carboxylic acid groups (broad SMARTS) is 1. The highest BCUT2D eigenvalue weighted by atomic mass is 79.9. The van der Waals surface area contributed by atoms with Gasteiger partial charge in [-0.25, -0.2) is 4.79 Å². The number of hydrogen-bond donors (Lipinski definition) is 3. The van der Waals surface area contributed by atoms with E-state index in [1.807, 2.05) is 25.1 Å². The molecule has 1 aromatic carbocycles. The molecule has 0 aromatic heterocycles. The Kier molecular flexibility index (Phi) is 7.46. The summed E-state index contributed by atoms with van der Waals surface area (Å²) in [7, 11) is 0. The molecule has 0 radical (unpaired) electrons. The van der Waals surface area contributed by atoms with Gasteiger partial charge in [0, 0.05) is 22.3 Å². The van der Waals surface area contributed by atoms with Crippen LogP contribution < -0.4 is 10.6 Å². The average Bonchev–Trinajstić information content (AvgIpc) is 2.39. The van der Waals surface area contributed by atoms with Crippen LogP contribution in [0, 0.1) is 0 Å². The summed E-state index contributed by atoms with van der Waals surface area (Å²) >= 11 is 5.05. The lowest BCUT2D eigenvalue weighted by Gasteiger charge is -2.12. The number of carbonyl (C=O) groups excluding carboxylic acids is 1. The minimum absolute atomic E-state index is 0.0479. The predicted octanol–water partition coefficient (Wildman–Crippen LogP) is 3.55. The topological polar surface area (TPSA) is 78.4 Å². The monoisotopic (exact) mass is 360 g/mol. The second-order valence-electron chi connectivity index (χ2n) is 3.92. The number of halogens is 1. The molecule has 0 fully saturated rings. The number of para-hydroxylation sites is 1. The van der Waals surface area contributed by atoms with Crippen molar-refractivity contribution in [3.63, 3.8) is 0 Å². The zero-order chi connectivity index (χ0) is 15.0. The van der Waals surface area contributed by atoms with Crippen LogP contribution in [-0.4, -0.2) is 29.4 Å². The van der Waals surface area contributed by atoms with Gasteiger partial charge in [-0.05, 0) is 40.2 Å². The molecule has 0 unspecified atom stereocenters. The molecule has 0 heterocycles. The van der Waals surface area contributed by atoms with Gasteiger partial charge in [-0.15, -0.1) is 11.8 Å². The Morgan fingerprint density at radius 1 is 1.40 bits per heavy atom. The maximum absolute atomic E-state index is 11.8. The average molecular weight is 361 g/mol. The van der Waals surface area contributed by atoms with Crippen molar-refractivity contribution >= 4 is 45.4 Å². The molecule has 0 bridgehead atoms. The van der Waals surface area contributed by atoms with Crippen molar-refractivity contribution in [1.82, 2.24) is 5.32 Å². The lowest BCUT2D eigenvalue weighted by Crippen LogP contribution is -2.30. The maximum Gasteiger partial charge on any atom is 0.319 e. The van der Waals surface area contributed by atoms with E-state index in [0.29, 0.717) is 13.0 Å². The molecule has 7 heteroatoms. The number of amides is 2. The van der Waals surface area contributed by atoms with Gasteiger partial charge in [0.2, 0.25) is 0 Å². The molecule has 3 N–H and O–H groups in total. The first-order valence-corrected chi connectivity index (χ1v) is 8.00. The second kappa shape index (κ2) is 8.86. The molecule has 1 aromatic rings. The first-order valence-electron chi connectivity index (χ1n) is 6.22. The summed E-state index contributed by atoms with van der Waals surface area (Å²) in [6, 6.07) is 5.39. The Labute approximate surface area is 130 Å². The normalized spacial score (nSPS) is 10.1. The highest BCUT2D eigenvalue weighted by Crippen LogP contribution is 2.33. The van der Waals surface area contributed by atoms with Gasteiger partial charge in [0.15, 0.2) is 0 Å². The van der Waals surface area contributed by atoms with E-state index in [2.05, 4.69) is 26.6 Å². The fourth-order valence-electron chi connectivity index (χ4n) is 1.50. The number of nitrogens with one attached hydrogen (secondary N) is 2. The van der Waals surface area contributed by atoms with Gasteiger partial charge in [-0.2, -0.15) is 0 Å². The van der Waals surface area contributed by atoms with Crippen LogP contribution in [-0.2, 0) is 4.79 Å². The molecular weight excluding hydrogens is 344 g/mol. The Balaban J connectivity index is 2.54. The summed E-state index contributed by atoms with van der Waals surface area (Å²) < 4.78 is 0.816. The van der Waals surface area contributed by atoms with Gasteiger partial charge in [-0.3, -0.25) is 4.79 Å². The van der Waals surface area contributed by atoms with Crippen LogP contribution in [0.15, 0.2) is 27.6 Å². The molecule has 0 spiro atoms. The van der Waals surface area contributed by atoms with Crippen molar-refractivity contribution in [2.75, 3.05) is 17.6 Å². The minimum atomic E-state index is -0.861. The summed E-state index contributed by atoms with van der Waals surface area (Å²) in [5, 5.41) is 13.9. The van der Waals surface area contributed by atoms with Gasteiger partial charge in [-0.1, -0.05) is 13.0 Å². The number of urea groups is 1. The van der Waals surface area contributed by atoms with E-state index in [4.69, 9.17) is 5.11 Å². The van der Waals surface area contributed by atoms with Crippen LogP contribution in [0.25, 0.3) is 0 Å². The van der Waals surface area contributed by atoms with Crippen molar-refractivity contribution in [3.8, 4) is 0 Å². The quantitative estimate of drug-likeness (QED) is 0.513. The molecular formula is C13H17BrN2O3S. The van der Waals surface area contributed by atoms with E-state index in [-0.39, 0.29) is 12.5 Å².